The van der Waals surface area contributed by atoms with Gasteiger partial charge in [-0.2, -0.15) is 0 Å². The van der Waals surface area contributed by atoms with Gasteiger partial charge in [0.15, 0.2) is 6.17 Å². The quantitative estimate of drug-likeness (QED) is 0.430. The SMILES string of the molecule is CC1CCC(C2CCC(C(OO)C3CC4CCC(C)OC4C(F)C3F)CC2)CC1. The summed E-state index contributed by atoms with van der Waals surface area (Å²) < 4.78 is 35.7. The van der Waals surface area contributed by atoms with Gasteiger partial charge in [0.2, 0.25) is 0 Å². The van der Waals surface area contributed by atoms with Crippen LogP contribution in [0.5, 0.6) is 0 Å². The first-order valence-corrected chi connectivity index (χ1v) is 12.2. The molecule has 0 spiro atoms. The molecule has 4 fully saturated rings. The highest BCUT2D eigenvalue weighted by molar-refractivity contribution is 5.00. The summed E-state index contributed by atoms with van der Waals surface area (Å²) in [5, 5.41) is 9.70. The molecule has 1 saturated heterocycles. The highest BCUT2D eigenvalue weighted by Gasteiger charge is 2.52. The summed E-state index contributed by atoms with van der Waals surface area (Å²) in [5.41, 5.74) is 0. The summed E-state index contributed by atoms with van der Waals surface area (Å²) in [6.45, 7) is 4.29. The zero-order valence-corrected chi connectivity index (χ0v) is 18.1. The third-order valence-corrected chi connectivity index (χ3v) is 8.95. The van der Waals surface area contributed by atoms with E-state index in [4.69, 9.17) is 9.62 Å². The van der Waals surface area contributed by atoms with Crippen molar-refractivity contribution in [2.24, 2.45) is 35.5 Å². The molecule has 3 saturated carbocycles. The molecule has 3 aliphatic carbocycles. The molecule has 0 amide bonds. The van der Waals surface area contributed by atoms with Crippen molar-refractivity contribution in [2.75, 3.05) is 0 Å². The zero-order valence-electron chi connectivity index (χ0n) is 18.1. The molecule has 168 valence electrons. The van der Waals surface area contributed by atoms with Gasteiger partial charge in [-0.25, -0.2) is 13.7 Å². The van der Waals surface area contributed by atoms with Crippen LogP contribution in [0, 0.1) is 35.5 Å². The molecule has 5 heteroatoms. The van der Waals surface area contributed by atoms with E-state index in [-0.39, 0.29) is 17.9 Å². The van der Waals surface area contributed by atoms with E-state index in [0.717, 1.165) is 56.3 Å². The van der Waals surface area contributed by atoms with Gasteiger partial charge >= 0.3 is 0 Å². The largest absolute Gasteiger partial charge is 0.372 e. The molecular weight excluding hydrogens is 374 g/mol. The lowest BCUT2D eigenvalue weighted by Gasteiger charge is -2.48. The smallest absolute Gasteiger partial charge is 0.158 e. The third kappa shape index (κ3) is 4.67. The predicted octanol–water partition coefficient (Wildman–Crippen LogP) is 6.36. The third-order valence-electron chi connectivity index (χ3n) is 8.95. The predicted molar refractivity (Wildman–Crippen MR) is 109 cm³/mol. The van der Waals surface area contributed by atoms with Gasteiger partial charge in [0.1, 0.15) is 12.3 Å². The topological polar surface area (TPSA) is 38.7 Å². The van der Waals surface area contributed by atoms with E-state index in [2.05, 4.69) is 6.92 Å². The Bertz CT molecular complexity index is 514. The number of ether oxygens (including phenoxy) is 1. The summed E-state index contributed by atoms with van der Waals surface area (Å²) in [6, 6.07) is 0. The first kappa shape index (κ1) is 22.0. The molecule has 29 heavy (non-hydrogen) atoms. The fraction of sp³-hybridized carbons (Fsp3) is 1.00. The maximum atomic E-state index is 15.1. The van der Waals surface area contributed by atoms with Crippen LogP contribution >= 0.6 is 0 Å². The van der Waals surface area contributed by atoms with E-state index < -0.39 is 30.5 Å². The van der Waals surface area contributed by atoms with E-state index in [1.165, 1.54) is 25.7 Å². The number of halogens is 2. The van der Waals surface area contributed by atoms with E-state index in [0.29, 0.717) is 6.42 Å². The van der Waals surface area contributed by atoms with Crippen LogP contribution < -0.4 is 0 Å². The van der Waals surface area contributed by atoms with Gasteiger partial charge in [-0.15, -0.1) is 0 Å². The molecule has 7 unspecified atom stereocenters. The highest BCUT2D eigenvalue weighted by atomic mass is 19.2. The van der Waals surface area contributed by atoms with Crippen molar-refractivity contribution in [2.45, 2.75) is 115 Å². The Balaban J connectivity index is 1.35. The fourth-order valence-electron chi connectivity index (χ4n) is 7.08. The lowest BCUT2D eigenvalue weighted by atomic mass is 9.65. The van der Waals surface area contributed by atoms with Crippen molar-refractivity contribution >= 4 is 0 Å². The normalized spacial score (nSPS) is 50.0. The number of rotatable bonds is 4. The van der Waals surface area contributed by atoms with Crippen LogP contribution in [0.1, 0.15) is 84.5 Å². The molecular formula is C24H40F2O3. The minimum atomic E-state index is -1.61. The summed E-state index contributed by atoms with van der Waals surface area (Å²) in [4.78, 5) is 4.90. The van der Waals surface area contributed by atoms with Crippen molar-refractivity contribution in [1.82, 2.24) is 0 Å². The lowest BCUT2D eigenvalue weighted by Crippen LogP contribution is -2.55. The Morgan fingerprint density at radius 2 is 1.38 bits per heavy atom. The standard InChI is InChI=1S/C24H40F2O3/c1-14-3-6-16(7-4-14)17-9-11-18(12-10-17)23(29-27)20-13-19-8-5-15(2)28-24(19)22(26)21(20)25/h14-24,27H,3-13H2,1-2H3. The van der Waals surface area contributed by atoms with Crippen LogP contribution in [-0.4, -0.2) is 35.9 Å². The Morgan fingerprint density at radius 1 is 0.793 bits per heavy atom. The van der Waals surface area contributed by atoms with Crippen molar-refractivity contribution < 1.29 is 23.7 Å². The zero-order chi connectivity index (χ0) is 20.5. The minimum Gasteiger partial charge on any atom is -0.372 e. The molecule has 4 rings (SSSR count). The van der Waals surface area contributed by atoms with E-state index >= 15 is 4.39 Å². The molecule has 1 aliphatic heterocycles. The van der Waals surface area contributed by atoms with Crippen LogP contribution in [-0.2, 0) is 9.62 Å². The molecule has 4 aliphatic rings. The van der Waals surface area contributed by atoms with Gasteiger partial charge in [0.05, 0.1) is 12.2 Å². The Kier molecular flexibility index (Phi) is 7.18. The summed E-state index contributed by atoms with van der Waals surface area (Å²) >= 11 is 0. The summed E-state index contributed by atoms with van der Waals surface area (Å²) in [5.74, 6) is 2.07. The monoisotopic (exact) mass is 414 g/mol. The van der Waals surface area contributed by atoms with E-state index in [1.54, 1.807) is 0 Å². The second-order valence-electron chi connectivity index (χ2n) is 10.8. The minimum absolute atomic E-state index is 0.00110. The number of fused-ring (bicyclic) bond motifs is 1. The van der Waals surface area contributed by atoms with E-state index in [1.807, 2.05) is 6.92 Å². The van der Waals surface area contributed by atoms with E-state index in [9.17, 15) is 9.65 Å². The molecule has 0 bridgehead atoms. The first-order valence-electron chi connectivity index (χ1n) is 12.2. The summed E-state index contributed by atoms with van der Waals surface area (Å²) in [7, 11) is 0. The number of hydrogen-bond donors (Lipinski definition) is 1. The molecule has 0 aromatic heterocycles. The van der Waals surface area contributed by atoms with Crippen LogP contribution in [0.4, 0.5) is 8.78 Å². The highest BCUT2D eigenvalue weighted by Crippen LogP contribution is 2.47. The van der Waals surface area contributed by atoms with Crippen molar-refractivity contribution in [3.05, 3.63) is 0 Å². The molecule has 0 aromatic rings. The second kappa shape index (κ2) is 9.48. The Labute approximate surface area is 174 Å². The van der Waals surface area contributed by atoms with Gasteiger partial charge < -0.3 is 4.74 Å². The molecule has 1 N–H and O–H groups in total. The average Bonchev–Trinajstić information content (AvgIpc) is 2.74. The first-order chi connectivity index (χ1) is 14.0. The maximum absolute atomic E-state index is 15.1. The van der Waals surface area contributed by atoms with Gasteiger partial charge in [0, 0.05) is 5.92 Å². The number of hydrogen-bond acceptors (Lipinski definition) is 3. The van der Waals surface area contributed by atoms with Crippen molar-refractivity contribution in [1.29, 1.82) is 0 Å². The van der Waals surface area contributed by atoms with Crippen LogP contribution in [0.3, 0.4) is 0 Å². The van der Waals surface area contributed by atoms with Gasteiger partial charge in [-0.3, -0.25) is 5.26 Å². The lowest BCUT2D eigenvalue weighted by molar-refractivity contribution is -0.317. The molecule has 0 aromatic carbocycles. The summed E-state index contributed by atoms with van der Waals surface area (Å²) in [6.07, 6.45) is 7.47. The Hall–Kier alpha value is -0.260. The van der Waals surface area contributed by atoms with Crippen molar-refractivity contribution in [3.8, 4) is 0 Å². The average molecular weight is 415 g/mol. The van der Waals surface area contributed by atoms with Crippen LogP contribution in [0.25, 0.3) is 0 Å². The molecule has 0 radical (unpaired) electrons. The molecule has 3 nitrogen and oxygen atoms in total. The van der Waals surface area contributed by atoms with Crippen molar-refractivity contribution in [3.63, 3.8) is 0 Å². The Morgan fingerprint density at radius 3 is 2.00 bits per heavy atom. The second-order valence-corrected chi connectivity index (χ2v) is 10.8. The maximum Gasteiger partial charge on any atom is 0.158 e. The molecule has 7 atom stereocenters. The van der Waals surface area contributed by atoms with Gasteiger partial charge in [-0.1, -0.05) is 19.8 Å². The van der Waals surface area contributed by atoms with Crippen LogP contribution in [0.2, 0.25) is 0 Å². The van der Waals surface area contributed by atoms with Gasteiger partial charge in [0.25, 0.3) is 0 Å². The van der Waals surface area contributed by atoms with Crippen LogP contribution in [0.15, 0.2) is 0 Å². The number of alkyl halides is 2. The fourth-order valence-corrected chi connectivity index (χ4v) is 7.08. The molecule has 1 heterocycles. The van der Waals surface area contributed by atoms with Gasteiger partial charge in [-0.05, 0) is 94.3 Å².